The molecular formula is C23H27N5O. The second-order valence-electron chi connectivity index (χ2n) is 8.45. The van der Waals surface area contributed by atoms with Crippen LogP contribution in [0.3, 0.4) is 0 Å². The number of carbonyl (C=O) groups is 1. The molecule has 0 radical (unpaired) electrons. The van der Waals surface area contributed by atoms with Crippen molar-refractivity contribution in [1.82, 2.24) is 24.4 Å². The van der Waals surface area contributed by atoms with Crippen molar-refractivity contribution in [2.45, 2.75) is 45.1 Å². The average Bonchev–Trinajstić information content (AvgIpc) is 3.18. The highest BCUT2D eigenvalue weighted by atomic mass is 16.1. The lowest BCUT2D eigenvalue weighted by Crippen LogP contribution is -2.34. The van der Waals surface area contributed by atoms with Crippen LogP contribution in [0.5, 0.6) is 0 Å². The van der Waals surface area contributed by atoms with E-state index in [4.69, 9.17) is 4.98 Å². The van der Waals surface area contributed by atoms with Gasteiger partial charge in [0.15, 0.2) is 0 Å². The Kier molecular flexibility index (Phi) is 4.87. The lowest BCUT2D eigenvalue weighted by atomic mass is 9.90. The number of hydrogen-bond acceptors (Lipinski definition) is 5. The molecule has 0 spiro atoms. The molecule has 0 aliphatic carbocycles. The molecule has 0 bridgehead atoms. The second-order valence-corrected chi connectivity index (χ2v) is 8.45. The zero-order valence-corrected chi connectivity index (χ0v) is 17.0. The Morgan fingerprint density at radius 1 is 1.10 bits per heavy atom. The second kappa shape index (κ2) is 7.67. The number of aromatic nitrogens is 4. The molecule has 5 rings (SSSR count). The van der Waals surface area contributed by atoms with Crippen LogP contribution in [0.1, 0.15) is 37.2 Å². The monoisotopic (exact) mass is 389 g/mol. The number of ketones is 1. The number of imidazole rings is 1. The Morgan fingerprint density at radius 3 is 2.83 bits per heavy atom. The number of piperidine rings is 1. The summed E-state index contributed by atoms with van der Waals surface area (Å²) in [6.45, 7) is 3.02. The van der Waals surface area contributed by atoms with Gasteiger partial charge in [-0.3, -0.25) is 9.78 Å². The number of aryl methyl sites for hydroxylation is 1. The van der Waals surface area contributed by atoms with Crippen LogP contribution < -0.4 is 0 Å². The van der Waals surface area contributed by atoms with Crippen molar-refractivity contribution < 1.29 is 4.79 Å². The normalized spacial score (nSPS) is 18.1. The molecule has 3 aromatic rings. The van der Waals surface area contributed by atoms with Gasteiger partial charge in [0.1, 0.15) is 11.6 Å². The Balaban J connectivity index is 1.40. The quantitative estimate of drug-likeness (QED) is 0.685. The van der Waals surface area contributed by atoms with Gasteiger partial charge >= 0.3 is 0 Å². The SMILES string of the molecule is CN1CCC(C(=O)Cc2cc3nc(-c4cnc5n4CCCC5)ccc3cn2)CC1. The minimum Gasteiger partial charge on any atom is -0.327 e. The van der Waals surface area contributed by atoms with Gasteiger partial charge in [0.25, 0.3) is 0 Å². The Morgan fingerprint density at radius 2 is 1.97 bits per heavy atom. The summed E-state index contributed by atoms with van der Waals surface area (Å²) in [7, 11) is 2.12. The highest BCUT2D eigenvalue weighted by Crippen LogP contribution is 2.26. The van der Waals surface area contributed by atoms with E-state index < -0.39 is 0 Å². The molecule has 2 aliphatic rings. The van der Waals surface area contributed by atoms with Gasteiger partial charge in [-0.1, -0.05) is 0 Å². The molecule has 29 heavy (non-hydrogen) atoms. The molecule has 0 atom stereocenters. The number of Topliss-reactive ketones (excluding diaryl/α,β-unsaturated/α-hetero) is 1. The van der Waals surface area contributed by atoms with E-state index in [1.165, 1.54) is 12.8 Å². The van der Waals surface area contributed by atoms with E-state index in [1.807, 2.05) is 24.5 Å². The van der Waals surface area contributed by atoms with Crippen LogP contribution >= 0.6 is 0 Å². The standard InChI is InChI=1S/C23H27N5O/c1-27-10-7-16(8-11-27)22(29)13-18-12-20-17(14-24-18)5-6-19(26-20)21-15-25-23-4-2-3-9-28(21)23/h5-6,12,14-16H,2-4,7-11,13H2,1H3. The van der Waals surface area contributed by atoms with E-state index in [1.54, 1.807) is 0 Å². The van der Waals surface area contributed by atoms with E-state index in [9.17, 15) is 4.79 Å². The third-order valence-corrected chi connectivity index (χ3v) is 6.39. The number of rotatable bonds is 4. The smallest absolute Gasteiger partial charge is 0.142 e. The number of carbonyl (C=O) groups excluding carboxylic acids is 1. The lowest BCUT2D eigenvalue weighted by molar-refractivity contribution is -0.123. The minimum atomic E-state index is 0.168. The summed E-state index contributed by atoms with van der Waals surface area (Å²) in [6.07, 6.45) is 9.54. The van der Waals surface area contributed by atoms with Crippen molar-refractivity contribution in [3.05, 3.63) is 42.1 Å². The van der Waals surface area contributed by atoms with Gasteiger partial charge in [-0.2, -0.15) is 0 Å². The number of likely N-dealkylation sites (tertiary alicyclic amines) is 1. The number of pyridine rings is 2. The molecule has 0 amide bonds. The van der Waals surface area contributed by atoms with Crippen LogP contribution in [0.15, 0.2) is 30.6 Å². The van der Waals surface area contributed by atoms with Crippen molar-refractivity contribution in [2.75, 3.05) is 20.1 Å². The number of nitrogens with zero attached hydrogens (tertiary/aromatic N) is 5. The van der Waals surface area contributed by atoms with Crippen LogP contribution in [-0.4, -0.2) is 50.3 Å². The molecule has 0 saturated carbocycles. The molecule has 1 saturated heterocycles. The van der Waals surface area contributed by atoms with Crippen molar-refractivity contribution in [3.63, 3.8) is 0 Å². The van der Waals surface area contributed by atoms with Crippen LogP contribution in [0, 0.1) is 5.92 Å². The molecule has 0 aromatic carbocycles. The maximum atomic E-state index is 12.7. The van der Waals surface area contributed by atoms with Gasteiger partial charge in [0.05, 0.1) is 23.1 Å². The van der Waals surface area contributed by atoms with E-state index in [0.717, 1.165) is 72.7 Å². The highest BCUT2D eigenvalue weighted by Gasteiger charge is 2.23. The van der Waals surface area contributed by atoms with Gasteiger partial charge in [-0.15, -0.1) is 0 Å². The van der Waals surface area contributed by atoms with Gasteiger partial charge in [0.2, 0.25) is 0 Å². The lowest BCUT2D eigenvalue weighted by Gasteiger charge is -2.27. The molecule has 150 valence electrons. The summed E-state index contributed by atoms with van der Waals surface area (Å²) in [5, 5.41) is 1.00. The van der Waals surface area contributed by atoms with Gasteiger partial charge in [-0.05, 0) is 64.0 Å². The topological polar surface area (TPSA) is 63.9 Å². The fourth-order valence-corrected chi connectivity index (χ4v) is 4.57. The predicted molar refractivity (Wildman–Crippen MR) is 113 cm³/mol. The van der Waals surface area contributed by atoms with E-state index >= 15 is 0 Å². The van der Waals surface area contributed by atoms with Crippen molar-refractivity contribution >= 4 is 16.7 Å². The third kappa shape index (κ3) is 3.69. The van der Waals surface area contributed by atoms with Crippen molar-refractivity contribution in [2.24, 2.45) is 5.92 Å². The van der Waals surface area contributed by atoms with Crippen LogP contribution in [0.25, 0.3) is 22.3 Å². The molecule has 0 N–H and O–H groups in total. The molecule has 0 unspecified atom stereocenters. The Hall–Kier alpha value is -2.60. The first kappa shape index (κ1) is 18.4. The average molecular weight is 390 g/mol. The van der Waals surface area contributed by atoms with Crippen LogP contribution in [0.4, 0.5) is 0 Å². The van der Waals surface area contributed by atoms with E-state index in [0.29, 0.717) is 12.2 Å². The first-order valence-corrected chi connectivity index (χ1v) is 10.7. The Bertz CT molecular complexity index is 1050. The largest absolute Gasteiger partial charge is 0.327 e. The van der Waals surface area contributed by atoms with E-state index in [2.05, 4.69) is 32.5 Å². The summed E-state index contributed by atoms with van der Waals surface area (Å²) < 4.78 is 2.30. The summed E-state index contributed by atoms with van der Waals surface area (Å²) >= 11 is 0. The van der Waals surface area contributed by atoms with E-state index in [-0.39, 0.29) is 5.92 Å². The van der Waals surface area contributed by atoms with Gasteiger partial charge in [-0.25, -0.2) is 9.97 Å². The molecular weight excluding hydrogens is 362 g/mol. The molecule has 1 fully saturated rings. The highest BCUT2D eigenvalue weighted by molar-refractivity contribution is 5.85. The maximum Gasteiger partial charge on any atom is 0.142 e. The molecule has 3 aromatic heterocycles. The molecule has 6 heteroatoms. The third-order valence-electron chi connectivity index (χ3n) is 6.39. The summed E-state index contributed by atoms with van der Waals surface area (Å²) in [4.78, 5) is 29.0. The first-order valence-electron chi connectivity index (χ1n) is 10.7. The summed E-state index contributed by atoms with van der Waals surface area (Å²) in [5.74, 6) is 1.64. The number of fused-ring (bicyclic) bond motifs is 2. The first-order chi connectivity index (χ1) is 14.2. The van der Waals surface area contributed by atoms with Crippen LogP contribution in [0.2, 0.25) is 0 Å². The number of hydrogen-bond donors (Lipinski definition) is 0. The molecule has 5 heterocycles. The van der Waals surface area contributed by atoms with Gasteiger partial charge in [0, 0.05) is 42.6 Å². The zero-order valence-electron chi connectivity index (χ0n) is 17.0. The Labute approximate surface area is 171 Å². The minimum absolute atomic E-state index is 0.168. The molecule has 6 nitrogen and oxygen atoms in total. The zero-order chi connectivity index (χ0) is 19.8. The summed E-state index contributed by atoms with van der Waals surface area (Å²) in [5.41, 5.74) is 3.75. The maximum absolute atomic E-state index is 12.7. The van der Waals surface area contributed by atoms with Crippen molar-refractivity contribution in [1.29, 1.82) is 0 Å². The fraction of sp³-hybridized carbons (Fsp3) is 0.478. The summed E-state index contributed by atoms with van der Waals surface area (Å²) in [6, 6.07) is 6.10. The molecule has 2 aliphatic heterocycles. The fourth-order valence-electron chi connectivity index (χ4n) is 4.57. The van der Waals surface area contributed by atoms with Crippen LogP contribution in [-0.2, 0) is 24.2 Å². The van der Waals surface area contributed by atoms with Crippen molar-refractivity contribution in [3.8, 4) is 11.4 Å². The predicted octanol–water partition coefficient (Wildman–Crippen LogP) is 3.28. The van der Waals surface area contributed by atoms with Gasteiger partial charge < -0.3 is 9.47 Å².